The summed E-state index contributed by atoms with van der Waals surface area (Å²) in [6.07, 6.45) is 0.267. The Balaban J connectivity index is 1.86. The van der Waals surface area contributed by atoms with Crippen molar-refractivity contribution in [2.24, 2.45) is 5.92 Å². The second-order valence-corrected chi connectivity index (χ2v) is 4.97. The van der Waals surface area contributed by atoms with E-state index in [4.69, 9.17) is 5.11 Å². The van der Waals surface area contributed by atoms with E-state index in [1.807, 2.05) is 5.38 Å². The lowest BCUT2D eigenvalue weighted by Crippen LogP contribution is -2.47. The van der Waals surface area contributed by atoms with Gasteiger partial charge in [-0.1, -0.05) is 0 Å². The molecule has 1 aromatic rings. The average molecular weight is 277 g/mol. The molecule has 6 heteroatoms. The van der Waals surface area contributed by atoms with Crippen LogP contribution in [0.3, 0.4) is 0 Å². The number of thiazole rings is 1. The van der Waals surface area contributed by atoms with Crippen LogP contribution < -0.4 is 4.90 Å². The molecule has 1 aromatic heterocycles. The minimum absolute atomic E-state index is 0.267. The molecule has 1 N–H and O–H groups in total. The van der Waals surface area contributed by atoms with E-state index in [0.29, 0.717) is 0 Å². The number of nitrogens with zero attached hydrogens (tertiary/aromatic N) is 2. The van der Waals surface area contributed by atoms with Crippen LogP contribution in [-0.4, -0.2) is 29.1 Å². The van der Waals surface area contributed by atoms with Gasteiger partial charge in [0.25, 0.3) is 0 Å². The summed E-state index contributed by atoms with van der Waals surface area (Å²) in [5, 5.41) is 11.5. The lowest BCUT2D eigenvalue weighted by molar-refractivity contribution is -0.138. The highest BCUT2D eigenvalue weighted by atomic mass is 79.9. The molecule has 0 aromatic carbocycles. The number of carboxylic acid groups (broad SMARTS) is 1. The number of halogens is 1. The Morgan fingerprint density at radius 2 is 2.50 bits per heavy atom. The fraction of sp³-hybridized carbons (Fsp3) is 0.500. The van der Waals surface area contributed by atoms with Crippen molar-refractivity contribution in [3.63, 3.8) is 0 Å². The number of carboxylic acids is 1. The van der Waals surface area contributed by atoms with E-state index in [9.17, 15) is 4.79 Å². The van der Waals surface area contributed by atoms with E-state index in [1.54, 1.807) is 11.3 Å². The van der Waals surface area contributed by atoms with Crippen LogP contribution in [0.25, 0.3) is 0 Å². The SMILES string of the molecule is O=C(O)CC1CN(c2nc(Br)cs2)C1. The number of carbonyl (C=O) groups is 1. The second-order valence-electron chi connectivity index (χ2n) is 3.32. The molecular formula is C8H9BrN2O2S. The lowest BCUT2D eigenvalue weighted by Gasteiger charge is -2.38. The molecule has 1 fully saturated rings. The summed E-state index contributed by atoms with van der Waals surface area (Å²) in [6.45, 7) is 1.62. The van der Waals surface area contributed by atoms with Gasteiger partial charge in [-0.05, 0) is 15.9 Å². The molecule has 1 aliphatic rings. The number of hydrogen-bond acceptors (Lipinski definition) is 4. The Kier molecular flexibility index (Phi) is 2.73. The van der Waals surface area contributed by atoms with Crippen molar-refractivity contribution in [1.82, 2.24) is 4.98 Å². The standard InChI is InChI=1S/C8H9BrN2O2S/c9-6-4-14-8(10-6)11-2-5(3-11)1-7(12)13/h4-5H,1-3H2,(H,12,13). The predicted molar refractivity (Wildman–Crippen MR) is 57.8 cm³/mol. The third kappa shape index (κ3) is 2.06. The molecule has 76 valence electrons. The molecular weight excluding hydrogens is 268 g/mol. The zero-order valence-corrected chi connectivity index (χ0v) is 9.71. The minimum atomic E-state index is -0.713. The normalized spacial score (nSPS) is 16.8. The third-order valence-corrected chi connectivity index (χ3v) is 3.77. The smallest absolute Gasteiger partial charge is 0.303 e. The maximum Gasteiger partial charge on any atom is 0.303 e. The molecule has 0 spiro atoms. The maximum atomic E-state index is 10.4. The first kappa shape index (κ1) is 9.92. The summed E-state index contributed by atoms with van der Waals surface area (Å²) < 4.78 is 0.846. The lowest BCUT2D eigenvalue weighted by atomic mass is 9.97. The van der Waals surface area contributed by atoms with Crippen LogP contribution in [0.2, 0.25) is 0 Å². The van der Waals surface area contributed by atoms with Gasteiger partial charge in [0, 0.05) is 24.4 Å². The number of aliphatic carboxylic acids is 1. The van der Waals surface area contributed by atoms with E-state index >= 15 is 0 Å². The Bertz CT molecular complexity index is 349. The molecule has 0 atom stereocenters. The zero-order chi connectivity index (χ0) is 10.1. The van der Waals surface area contributed by atoms with Crippen molar-refractivity contribution in [3.8, 4) is 0 Å². The van der Waals surface area contributed by atoms with Crippen LogP contribution in [0.1, 0.15) is 6.42 Å². The van der Waals surface area contributed by atoms with E-state index in [-0.39, 0.29) is 12.3 Å². The maximum absolute atomic E-state index is 10.4. The highest BCUT2D eigenvalue weighted by Crippen LogP contribution is 2.30. The first-order chi connectivity index (χ1) is 6.65. The quantitative estimate of drug-likeness (QED) is 0.915. The van der Waals surface area contributed by atoms with Crippen LogP contribution in [0.4, 0.5) is 5.13 Å². The van der Waals surface area contributed by atoms with Crippen LogP contribution in [0.5, 0.6) is 0 Å². The number of hydrogen-bond donors (Lipinski definition) is 1. The van der Waals surface area contributed by atoms with Gasteiger partial charge in [0.15, 0.2) is 5.13 Å². The third-order valence-electron chi connectivity index (χ3n) is 2.16. The highest BCUT2D eigenvalue weighted by molar-refractivity contribution is 9.10. The van der Waals surface area contributed by atoms with Crippen LogP contribution in [-0.2, 0) is 4.79 Å². The Labute approximate surface area is 93.7 Å². The second kappa shape index (κ2) is 3.86. The fourth-order valence-corrected chi connectivity index (χ4v) is 2.76. The minimum Gasteiger partial charge on any atom is -0.481 e. The van der Waals surface area contributed by atoms with E-state index in [1.165, 1.54) is 0 Å². The molecule has 0 aliphatic carbocycles. The first-order valence-corrected chi connectivity index (χ1v) is 5.90. The monoisotopic (exact) mass is 276 g/mol. The molecule has 2 heterocycles. The van der Waals surface area contributed by atoms with E-state index in [0.717, 1.165) is 22.8 Å². The van der Waals surface area contributed by atoms with E-state index < -0.39 is 5.97 Å². The van der Waals surface area contributed by atoms with Gasteiger partial charge in [-0.15, -0.1) is 11.3 Å². The van der Waals surface area contributed by atoms with Gasteiger partial charge in [0.2, 0.25) is 0 Å². The highest BCUT2D eigenvalue weighted by Gasteiger charge is 2.30. The van der Waals surface area contributed by atoms with Crippen molar-refractivity contribution in [3.05, 3.63) is 9.98 Å². The fourth-order valence-electron chi connectivity index (χ4n) is 1.49. The van der Waals surface area contributed by atoms with Gasteiger partial charge in [-0.25, -0.2) is 4.98 Å². The van der Waals surface area contributed by atoms with Gasteiger partial charge in [-0.3, -0.25) is 4.79 Å². The van der Waals surface area contributed by atoms with Crippen molar-refractivity contribution >= 4 is 38.4 Å². The molecule has 0 amide bonds. The van der Waals surface area contributed by atoms with Crippen LogP contribution in [0.15, 0.2) is 9.98 Å². The van der Waals surface area contributed by atoms with Gasteiger partial charge >= 0.3 is 5.97 Å². The topological polar surface area (TPSA) is 53.4 Å². The molecule has 2 rings (SSSR count). The molecule has 1 aliphatic heterocycles. The largest absolute Gasteiger partial charge is 0.481 e. The first-order valence-electron chi connectivity index (χ1n) is 4.23. The van der Waals surface area contributed by atoms with Crippen molar-refractivity contribution in [1.29, 1.82) is 0 Å². The molecule has 0 unspecified atom stereocenters. The van der Waals surface area contributed by atoms with Gasteiger partial charge in [-0.2, -0.15) is 0 Å². The summed E-state index contributed by atoms with van der Waals surface area (Å²) in [5.74, 6) is -0.426. The molecule has 14 heavy (non-hydrogen) atoms. The Morgan fingerprint density at radius 1 is 1.79 bits per heavy atom. The van der Waals surface area contributed by atoms with Gasteiger partial charge in [0.05, 0.1) is 6.42 Å². The average Bonchev–Trinajstić information content (AvgIpc) is 2.42. The van der Waals surface area contributed by atoms with E-state index in [2.05, 4.69) is 25.8 Å². The summed E-state index contributed by atoms with van der Waals surface area (Å²) in [4.78, 5) is 16.8. The molecule has 0 radical (unpaired) electrons. The summed E-state index contributed by atoms with van der Waals surface area (Å²) in [5.41, 5.74) is 0. The van der Waals surface area contributed by atoms with Crippen LogP contribution >= 0.6 is 27.3 Å². The number of anilines is 1. The van der Waals surface area contributed by atoms with Crippen molar-refractivity contribution in [2.45, 2.75) is 6.42 Å². The number of rotatable bonds is 3. The molecule has 4 nitrogen and oxygen atoms in total. The van der Waals surface area contributed by atoms with Crippen molar-refractivity contribution < 1.29 is 9.90 Å². The number of aromatic nitrogens is 1. The predicted octanol–water partition coefficient (Wildman–Crippen LogP) is 1.82. The summed E-state index contributed by atoms with van der Waals surface area (Å²) in [6, 6.07) is 0. The van der Waals surface area contributed by atoms with Gasteiger partial charge < -0.3 is 10.0 Å². The van der Waals surface area contributed by atoms with Gasteiger partial charge in [0.1, 0.15) is 4.60 Å². The Hall–Kier alpha value is -0.620. The molecule has 1 saturated heterocycles. The summed E-state index contributed by atoms with van der Waals surface area (Å²) in [7, 11) is 0. The van der Waals surface area contributed by atoms with Crippen molar-refractivity contribution in [2.75, 3.05) is 18.0 Å². The molecule has 0 bridgehead atoms. The zero-order valence-electron chi connectivity index (χ0n) is 7.31. The Morgan fingerprint density at radius 3 is 3.00 bits per heavy atom. The summed E-state index contributed by atoms with van der Waals surface area (Å²) >= 11 is 4.86. The molecule has 0 saturated carbocycles. The van der Waals surface area contributed by atoms with Crippen LogP contribution in [0, 0.1) is 5.92 Å².